The third-order valence-electron chi connectivity index (χ3n) is 4.90. The van der Waals surface area contributed by atoms with E-state index in [1.807, 2.05) is 11.4 Å². The smallest absolute Gasteiger partial charge is 0.265 e. The van der Waals surface area contributed by atoms with Gasteiger partial charge in [-0.05, 0) is 49.5 Å². The van der Waals surface area contributed by atoms with Gasteiger partial charge in [0.2, 0.25) is 0 Å². The molecule has 7 heteroatoms. The summed E-state index contributed by atoms with van der Waals surface area (Å²) in [4.78, 5) is 25.8. The van der Waals surface area contributed by atoms with Crippen LogP contribution in [-0.2, 0) is 4.74 Å². The highest BCUT2D eigenvalue weighted by atomic mass is 32.1. The van der Waals surface area contributed by atoms with Gasteiger partial charge in [0, 0.05) is 19.1 Å². The van der Waals surface area contributed by atoms with Crippen LogP contribution in [0.2, 0.25) is 0 Å². The average molecular weight is 388 g/mol. The molecule has 1 aliphatic rings. The normalized spacial score (nSPS) is 15.9. The first kappa shape index (κ1) is 19.5. The summed E-state index contributed by atoms with van der Waals surface area (Å²) in [7, 11) is 1.70. The predicted molar refractivity (Wildman–Crippen MR) is 107 cm³/mol. The van der Waals surface area contributed by atoms with Crippen LogP contribution in [-0.4, -0.2) is 45.2 Å². The van der Waals surface area contributed by atoms with E-state index in [1.165, 1.54) is 11.3 Å². The number of carbonyl (C=O) groups excluding carboxylic acids is 2. The molecule has 1 aliphatic heterocycles. The number of amides is 2. The van der Waals surface area contributed by atoms with Crippen LogP contribution < -0.4 is 16.0 Å². The summed E-state index contributed by atoms with van der Waals surface area (Å²) in [6, 6.07) is 10.7. The molecule has 3 N–H and O–H groups in total. The van der Waals surface area contributed by atoms with E-state index in [2.05, 4.69) is 16.0 Å². The molecule has 1 aromatic carbocycles. The molecule has 2 heterocycles. The van der Waals surface area contributed by atoms with Gasteiger partial charge in [0.05, 0.1) is 22.7 Å². The molecule has 6 nitrogen and oxygen atoms in total. The zero-order chi connectivity index (χ0) is 19.1. The summed E-state index contributed by atoms with van der Waals surface area (Å²) in [6.07, 6.45) is 1.91. The lowest BCUT2D eigenvalue weighted by atomic mass is 9.79. The van der Waals surface area contributed by atoms with Crippen LogP contribution >= 0.6 is 11.3 Å². The number of para-hydroxylation sites is 1. The van der Waals surface area contributed by atoms with E-state index < -0.39 is 0 Å². The van der Waals surface area contributed by atoms with Crippen molar-refractivity contribution in [2.45, 2.75) is 12.8 Å². The molecule has 0 atom stereocenters. The van der Waals surface area contributed by atoms with Crippen LogP contribution in [0, 0.1) is 5.41 Å². The minimum atomic E-state index is -0.209. The molecule has 0 radical (unpaired) electrons. The molecule has 0 spiro atoms. The molecule has 3 rings (SSSR count). The minimum absolute atomic E-state index is 0.0508. The Balaban J connectivity index is 1.68. The number of thiophene rings is 1. The van der Waals surface area contributed by atoms with Gasteiger partial charge in [0.1, 0.15) is 0 Å². The first-order valence-electron chi connectivity index (χ1n) is 9.05. The molecule has 0 saturated carbocycles. The van der Waals surface area contributed by atoms with Gasteiger partial charge in [0.25, 0.3) is 11.8 Å². The van der Waals surface area contributed by atoms with Gasteiger partial charge in [-0.15, -0.1) is 11.3 Å². The highest BCUT2D eigenvalue weighted by molar-refractivity contribution is 7.12. The summed E-state index contributed by atoms with van der Waals surface area (Å²) < 4.78 is 5.41. The second-order valence-corrected chi connectivity index (χ2v) is 7.79. The molecule has 1 aromatic heterocycles. The summed E-state index contributed by atoms with van der Waals surface area (Å²) in [5.74, 6) is -0.398. The van der Waals surface area contributed by atoms with Crippen LogP contribution in [0.15, 0.2) is 41.8 Å². The van der Waals surface area contributed by atoms with Crippen molar-refractivity contribution >= 4 is 28.8 Å². The van der Waals surface area contributed by atoms with Crippen LogP contribution in [0.1, 0.15) is 32.9 Å². The fraction of sp³-hybridized carbons (Fsp3) is 0.400. The van der Waals surface area contributed by atoms with Gasteiger partial charge in [-0.25, -0.2) is 0 Å². The summed E-state index contributed by atoms with van der Waals surface area (Å²) in [6.45, 7) is 3.01. The summed E-state index contributed by atoms with van der Waals surface area (Å²) >= 11 is 1.37. The second-order valence-electron chi connectivity index (χ2n) is 6.84. The minimum Gasteiger partial charge on any atom is -0.384 e. The molecular weight excluding hydrogens is 362 g/mol. The number of benzene rings is 1. The van der Waals surface area contributed by atoms with Crippen molar-refractivity contribution < 1.29 is 14.3 Å². The Bertz CT molecular complexity index is 765. The fourth-order valence-corrected chi connectivity index (χ4v) is 4.00. The average Bonchev–Trinajstić information content (AvgIpc) is 3.23. The maximum Gasteiger partial charge on any atom is 0.265 e. The number of ether oxygens (including phenoxy) is 1. The molecular formula is C20H25N3O3S. The molecule has 0 aliphatic carbocycles. The Hall–Kier alpha value is -2.22. The van der Waals surface area contributed by atoms with Crippen molar-refractivity contribution in [3.63, 3.8) is 0 Å². The van der Waals surface area contributed by atoms with Gasteiger partial charge in [0.15, 0.2) is 0 Å². The Kier molecular flexibility index (Phi) is 6.60. The lowest BCUT2D eigenvalue weighted by molar-refractivity contribution is 0.0512. The Morgan fingerprint density at radius 2 is 1.93 bits per heavy atom. The van der Waals surface area contributed by atoms with Crippen molar-refractivity contribution in [2.75, 3.05) is 38.7 Å². The standard InChI is InChI=1S/C20H25N3O3S/c1-26-14-20(8-10-21-11-9-20)13-22-18(24)15-5-2-3-6-16(15)23-19(25)17-7-4-12-27-17/h2-7,12,21H,8-11,13-14H2,1H3,(H,22,24)(H,23,25). The monoisotopic (exact) mass is 387 g/mol. The number of rotatable bonds is 7. The Labute approximate surface area is 163 Å². The van der Waals surface area contributed by atoms with Crippen LogP contribution in [0.4, 0.5) is 5.69 Å². The highest BCUT2D eigenvalue weighted by Crippen LogP contribution is 2.28. The van der Waals surface area contributed by atoms with E-state index in [0.29, 0.717) is 29.3 Å². The van der Waals surface area contributed by atoms with E-state index in [1.54, 1.807) is 37.4 Å². The lowest BCUT2D eigenvalue weighted by Gasteiger charge is -2.37. The van der Waals surface area contributed by atoms with E-state index in [4.69, 9.17) is 4.74 Å². The number of nitrogens with one attached hydrogen (secondary N) is 3. The quantitative estimate of drug-likeness (QED) is 0.683. The molecule has 2 amide bonds. The summed E-state index contributed by atoms with van der Waals surface area (Å²) in [5, 5.41) is 11.1. The van der Waals surface area contributed by atoms with Crippen molar-refractivity contribution in [1.82, 2.24) is 10.6 Å². The number of piperidine rings is 1. The van der Waals surface area contributed by atoms with E-state index in [-0.39, 0.29) is 17.2 Å². The Morgan fingerprint density at radius 1 is 1.15 bits per heavy atom. The predicted octanol–water partition coefficient (Wildman–Crippen LogP) is 2.75. The van der Waals surface area contributed by atoms with Gasteiger partial charge >= 0.3 is 0 Å². The molecule has 144 valence electrons. The first-order chi connectivity index (χ1) is 13.1. The summed E-state index contributed by atoms with van der Waals surface area (Å²) in [5.41, 5.74) is 0.925. The third-order valence-corrected chi connectivity index (χ3v) is 5.77. The fourth-order valence-electron chi connectivity index (χ4n) is 3.38. The SMILES string of the molecule is COCC1(CNC(=O)c2ccccc2NC(=O)c2cccs2)CCNCC1. The van der Waals surface area contributed by atoms with Gasteiger partial charge in [-0.1, -0.05) is 18.2 Å². The zero-order valence-corrected chi connectivity index (χ0v) is 16.2. The topological polar surface area (TPSA) is 79.5 Å². The van der Waals surface area contributed by atoms with Gasteiger partial charge in [-0.3, -0.25) is 9.59 Å². The molecule has 0 bridgehead atoms. The van der Waals surface area contributed by atoms with E-state index in [9.17, 15) is 9.59 Å². The highest BCUT2D eigenvalue weighted by Gasteiger charge is 2.32. The number of methoxy groups -OCH3 is 1. The van der Waals surface area contributed by atoms with E-state index in [0.717, 1.165) is 25.9 Å². The van der Waals surface area contributed by atoms with Crippen LogP contribution in [0.25, 0.3) is 0 Å². The first-order valence-corrected chi connectivity index (χ1v) is 9.93. The second kappa shape index (κ2) is 9.12. The van der Waals surface area contributed by atoms with E-state index >= 15 is 0 Å². The third kappa shape index (κ3) is 4.94. The molecule has 0 unspecified atom stereocenters. The molecule has 27 heavy (non-hydrogen) atoms. The molecule has 1 saturated heterocycles. The van der Waals surface area contributed by atoms with Gasteiger partial charge in [-0.2, -0.15) is 0 Å². The number of anilines is 1. The maximum absolute atomic E-state index is 12.8. The zero-order valence-electron chi connectivity index (χ0n) is 15.4. The van der Waals surface area contributed by atoms with Crippen LogP contribution in [0.5, 0.6) is 0 Å². The maximum atomic E-state index is 12.8. The number of carbonyl (C=O) groups is 2. The van der Waals surface area contributed by atoms with Crippen molar-refractivity contribution in [2.24, 2.45) is 5.41 Å². The van der Waals surface area contributed by atoms with Gasteiger partial charge < -0.3 is 20.7 Å². The molecule has 2 aromatic rings. The largest absolute Gasteiger partial charge is 0.384 e. The van der Waals surface area contributed by atoms with Crippen molar-refractivity contribution in [1.29, 1.82) is 0 Å². The number of hydrogen-bond donors (Lipinski definition) is 3. The Morgan fingerprint density at radius 3 is 2.63 bits per heavy atom. The van der Waals surface area contributed by atoms with Crippen molar-refractivity contribution in [3.05, 3.63) is 52.2 Å². The van der Waals surface area contributed by atoms with Crippen molar-refractivity contribution in [3.8, 4) is 0 Å². The van der Waals surface area contributed by atoms with Crippen LogP contribution in [0.3, 0.4) is 0 Å². The number of hydrogen-bond acceptors (Lipinski definition) is 5. The molecule has 1 fully saturated rings. The lowest BCUT2D eigenvalue weighted by Crippen LogP contribution is -2.47.